The third-order valence-corrected chi connectivity index (χ3v) is 2.75. The highest BCUT2D eigenvalue weighted by Gasteiger charge is 2.32. The molecule has 18 heavy (non-hydrogen) atoms. The molecular formula is C13H25NO4. The van der Waals surface area contributed by atoms with E-state index in [9.17, 15) is 4.79 Å². The van der Waals surface area contributed by atoms with Gasteiger partial charge in [0.05, 0.1) is 25.9 Å². The normalized spacial score (nSPS) is 20.2. The highest BCUT2D eigenvalue weighted by Crippen LogP contribution is 2.20. The van der Waals surface area contributed by atoms with E-state index in [0.717, 1.165) is 19.4 Å². The van der Waals surface area contributed by atoms with Crippen LogP contribution in [0.15, 0.2) is 0 Å². The summed E-state index contributed by atoms with van der Waals surface area (Å²) in [6.07, 6.45) is 1.75. The number of carbonyl (C=O) groups is 1. The first-order chi connectivity index (χ1) is 8.44. The fourth-order valence-corrected chi connectivity index (χ4v) is 1.93. The van der Waals surface area contributed by atoms with Gasteiger partial charge in [-0.25, -0.2) is 4.79 Å². The zero-order valence-electron chi connectivity index (χ0n) is 11.9. The van der Waals surface area contributed by atoms with E-state index in [4.69, 9.17) is 14.2 Å². The summed E-state index contributed by atoms with van der Waals surface area (Å²) in [6, 6.07) is 0.136. The SMILES string of the molecule is COCCOCC1CCCN1C(=O)OC(C)(C)C. The number of methoxy groups -OCH3 is 1. The van der Waals surface area contributed by atoms with Crippen LogP contribution in [-0.4, -0.2) is 56.1 Å². The molecule has 106 valence electrons. The number of rotatable bonds is 5. The Bertz CT molecular complexity index is 262. The van der Waals surface area contributed by atoms with E-state index in [1.807, 2.05) is 20.8 Å². The molecule has 1 atom stereocenters. The molecule has 0 aromatic carbocycles. The van der Waals surface area contributed by atoms with Gasteiger partial charge in [0.25, 0.3) is 0 Å². The molecule has 1 saturated heterocycles. The van der Waals surface area contributed by atoms with Crippen LogP contribution in [0.3, 0.4) is 0 Å². The fourth-order valence-electron chi connectivity index (χ4n) is 1.93. The van der Waals surface area contributed by atoms with Crippen LogP contribution in [0.2, 0.25) is 0 Å². The Morgan fingerprint density at radius 3 is 2.67 bits per heavy atom. The van der Waals surface area contributed by atoms with E-state index in [1.165, 1.54) is 0 Å². The lowest BCUT2D eigenvalue weighted by molar-refractivity contribution is 0.00514. The third kappa shape index (κ3) is 5.23. The lowest BCUT2D eigenvalue weighted by Crippen LogP contribution is -2.41. The Kier molecular flexibility index (Phi) is 5.88. The lowest BCUT2D eigenvalue weighted by Gasteiger charge is -2.28. The van der Waals surface area contributed by atoms with Crippen molar-refractivity contribution in [1.82, 2.24) is 4.90 Å². The van der Waals surface area contributed by atoms with Crippen molar-refractivity contribution in [2.75, 3.05) is 33.5 Å². The molecule has 5 heteroatoms. The van der Waals surface area contributed by atoms with Gasteiger partial charge in [0.15, 0.2) is 0 Å². The Balaban J connectivity index is 2.36. The molecule has 1 rings (SSSR count). The van der Waals surface area contributed by atoms with E-state index in [0.29, 0.717) is 19.8 Å². The molecule has 0 spiro atoms. The minimum atomic E-state index is -0.443. The van der Waals surface area contributed by atoms with Gasteiger partial charge in [-0.2, -0.15) is 0 Å². The first kappa shape index (κ1) is 15.2. The van der Waals surface area contributed by atoms with Crippen molar-refractivity contribution in [3.05, 3.63) is 0 Å². The summed E-state index contributed by atoms with van der Waals surface area (Å²) in [6.45, 7) is 8.10. The number of nitrogens with zero attached hydrogens (tertiary/aromatic N) is 1. The van der Waals surface area contributed by atoms with Crippen molar-refractivity contribution in [3.8, 4) is 0 Å². The Hall–Kier alpha value is -0.810. The number of amides is 1. The smallest absolute Gasteiger partial charge is 0.410 e. The van der Waals surface area contributed by atoms with Crippen molar-refractivity contribution in [2.45, 2.75) is 45.3 Å². The minimum absolute atomic E-state index is 0.136. The maximum Gasteiger partial charge on any atom is 0.410 e. The van der Waals surface area contributed by atoms with Gasteiger partial charge in [0, 0.05) is 13.7 Å². The monoisotopic (exact) mass is 259 g/mol. The summed E-state index contributed by atoms with van der Waals surface area (Å²) in [5.41, 5.74) is -0.443. The van der Waals surface area contributed by atoms with Crippen molar-refractivity contribution in [3.63, 3.8) is 0 Å². The van der Waals surface area contributed by atoms with Crippen LogP contribution in [0, 0.1) is 0 Å². The molecule has 0 bridgehead atoms. The maximum absolute atomic E-state index is 12.0. The van der Waals surface area contributed by atoms with Gasteiger partial charge in [0.1, 0.15) is 5.60 Å². The zero-order valence-corrected chi connectivity index (χ0v) is 11.9. The summed E-state index contributed by atoms with van der Waals surface area (Å²) in [5.74, 6) is 0. The summed E-state index contributed by atoms with van der Waals surface area (Å²) in [4.78, 5) is 13.8. The second kappa shape index (κ2) is 6.95. The van der Waals surface area contributed by atoms with Crippen LogP contribution in [0.1, 0.15) is 33.6 Å². The van der Waals surface area contributed by atoms with E-state index in [-0.39, 0.29) is 12.1 Å². The predicted molar refractivity (Wildman–Crippen MR) is 68.7 cm³/mol. The molecule has 0 aromatic rings. The van der Waals surface area contributed by atoms with Gasteiger partial charge in [-0.15, -0.1) is 0 Å². The molecule has 1 unspecified atom stereocenters. The maximum atomic E-state index is 12.0. The standard InChI is InChI=1S/C13H25NO4/c1-13(2,3)18-12(15)14-7-5-6-11(14)10-17-9-8-16-4/h11H,5-10H2,1-4H3. The van der Waals surface area contributed by atoms with Crippen LogP contribution < -0.4 is 0 Å². The number of likely N-dealkylation sites (tertiary alicyclic amines) is 1. The molecule has 1 fully saturated rings. The van der Waals surface area contributed by atoms with Crippen molar-refractivity contribution < 1.29 is 19.0 Å². The van der Waals surface area contributed by atoms with Crippen molar-refractivity contribution in [1.29, 1.82) is 0 Å². The molecule has 1 aliphatic rings. The number of hydrogen-bond acceptors (Lipinski definition) is 4. The van der Waals surface area contributed by atoms with Gasteiger partial charge in [-0.3, -0.25) is 0 Å². The Labute approximate surface area is 109 Å². The van der Waals surface area contributed by atoms with Gasteiger partial charge >= 0.3 is 6.09 Å². The minimum Gasteiger partial charge on any atom is -0.444 e. The lowest BCUT2D eigenvalue weighted by atomic mass is 10.2. The van der Waals surface area contributed by atoms with Gasteiger partial charge < -0.3 is 19.1 Å². The summed E-state index contributed by atoms with van der Waals surface area (Å²) in [7, 11) is 1.64. The van der Waals surface area contributed by atoms with Gasteiger partial charge in [0.2, 0.25) is 0 Å². The van der Waals surface area contributed by atoms with E-state index in [1.54, 1.807) is 12.0 Å². The van der Waals surface area contributed by atoms with Crippen molar-refractivity contribution in [2.24, 2.45) is 0 Å². The van der Waals surface area contributed by atoms with Gasteiger partial charge in [-0.1, -0.05) is 0 Å². The molecular weight excluding hydrogens is 234 g/mol. The molecule has 0 N–H and O–H groups in total. The molecule has 0 saturated carbocycles. The van der Waals surface area contributed by atoms with E-state index in [2.05, 4.69) is 0 Å². The molecule has 1 amide bonds. The molecule has 5 nitrogen and oxygen atoms in total. The third-order valence-electron chi connectivity index (χ3n) is 2.75. The summed E-state index contributed by atoms with van der Waals surface area (Å²) >= 11 is 0. The zero-order chi connectivity index (χ0) is 13.6. The number of carbonyl (C=O) groups excluding carboxylic acids is 1. The fraction of sp³-hybridized carbons (Fsp3) is 0.923. The van der Waals surface area contributed by atoms with E-state index >= 15 is 0 Å². The quantitative estimate of drug-likeness (QED) is 0.709. The largest absolute Gasteiger partial charge is 0.444 e. The van der Waals surface area contributed by atoms with Gasteiger partial charge in [-0.05, 0) is 33.6 Å². The van der Waals surface area contributed by atoms with Crippen LogP contribution >= 0.6 is 0 Å². The summed E-state index contributed by atoms with van der Waals surface area (Å²) in [5, 5.41) is 0. The molecule has 0 aromatic heterocycles. The van der Waals surface area contributed by atoms with Crippen LogP contribution in [0.25, 0.3) is 0 Å². The molecule has 1 heterocycles. The first-order valence-corrected chi connectivity index (χ1v) is 6.50. The molecule has 0 aliphatic carbocycles. The molecule has 0 radical (unpaired) electrons. The van der Waals surface area contributed by atoms with Crippen molar-refractivity contribution >= 4 is 6.09 Å². The molecule has 1 aliphatic heterocycles. The second-order valence-corrected chi connectivity index (χ2v) is 5.54. The number of ether oxygens (including phenoxy) is 3. The van der Waals surface area contributed by atoms with E-state index < -0.39 is 5.60 Å². The Morgan fingerprint density at radius 1 is 1.33 bits per heavy atom. The average molecular weight is 259 g/mol. The second-order valence-electron chi connectivity index (χ2n) is 5.54. The van der Waals surface area contributed by atoms with Crippen LogP contribution in [0.4, 0.5) is 4.79 Å². The first-order valence-electron chi connectivity index (χ1n) is 6.50. The predicted octanol–water partition coefficient (Wildman–Crippen LogP) is 2.05. The highest BCUT2D eigenvalue weighted by atomic mass is 16.6. The Morgan fingerprint density at radius 2 is 2.06 bits per heavy atom. The highest BCUT2D eigenvalue weighted by molar-refractivity contribution is 5.68. The topological polar surface area (TPSA) is 48.0 Å². The number of hydrogen-bond donors (Lipinski definition) is 0. The van der Waals surface area contributed by atoms with Crippen LogP contribution in [0.5, 0.6) is 0 Å². The van der Waals surface area contributed by atoms with Crippen LogP contribution in [-0.2, 0) is 14.2 Å². The summed E-state index contributed by atoms with van der Waals surface area (Å²) < 4.78 is 15.8. The average Bonchev–Trinajstić information content (AvgIpc) is 2.70.